The molecule has 5 aromatic rings. The fraction of sp³-hybridized carbons (Fsp3) is 0.0833. The SMILES string of the molecule is O=C(CSc1nnc2c3ccccc3nc(Cc3ccccc3)n12)Nc1ccc(Cl)cc1. The van der Waals surface area contributed by atoms with Gasteiger partial charge in [0.2, 0.25) is 5.91 Å². The minimum atomic E-state index is -0.132. The summed E-state index contributed by atoms with van der Waals surface area (Å²) in [7, 11) is 0. The molecule has 158 valence electrons. The molecule has 1 N–H and O–H groups in total. The van der Waals surface area contributed by atoms with Crippen LogP contribution in [0.3, 0.4) is 0 Å². The predicted molar refractivity (Wildman–Crippen MR) is 128 cm³/mol. The second kappa shape index (κ2) is 8.98. The van der Waals surface area contributed by atoms with Crippen molar-refractivity contribution in [1.82, 2.24) is 19.6 Å². The minimum absolute atomic E-state index is 0.132. The normalized spacial score (nSPS) is 11.2. The summed E-state index contributed by atoms with van der Waals surface area (Å²) in [6.45, 7) is 0. The van der Waals surface area contributed by atoms with E-state index in [2.05, 4.69) is 27.6 Å². The Labute approximate surface area is 193 Å². The molecule has 0 unspecified atom stereocenters. The zero-order valence-electron chi connectivity index (χ0n) is 16.9. The number of thioether (sulfide) groups is 1. The van der Waals surface area contributed by atoms with E-state index in [0.29, 0.717) is 22.3 Å². The Kier molecular flexibility index (Phi) is 5.75. The third kappa shape index (κ3) is 4.30. The van der Waals surface area contributed by atoms with Crippen LogP contribution in [-0.2, 0) is 11.2 Å². The molecule has 0 bridgehead atoms. The summed E-state index contributed by atoms with van der Waals surface area (Å²) < 4.78 is 1.95. The molecule has 0 radical (unpaired) electrons. The van der Waals surface area contributed by atoms with Crippen LogP contribution in [-0.4, -0.2) is 31.2 Å². The van der Waals surface area contributed by atoms with E-state index >= 15 is 0 Å². The summed E-state index contributed by atoms with van der Waals surface area (Å²) in [6, 6.07) is 25.1. The van der Waals surface area contributed by atoms with Crippen molar-refractivity contribution in [2.45, 2.75) is 11.6 Å². The highest BCUT2D eigenvalue weighted by Crippen LogP contribution is 2.25. The van der Waals surface area contributed by atoms with Crippen LogP contribution in [0.1, 0.15) is 11.4 Å². The van der Waals surface area contributed by atoms with Gasteiger partial charge >= 0.3 is 0 Å². The fourth-order valence-electron chi connectivity index (χ4n) is 3.48. The summed E-state index contributed by atoms with van der Waals surface area (Å²) in [6.07, 6.45) is 0.630. The number of carbonyl (C=O) groups excluding carboxylic acids is 1. The van der Waals surface area contributed by atoms with Crippen molar-refractivity contribution in [2.24, 2.45) is 0 Å². The van der Waals surface area contributed by atoms with Crippen LogP contribution in [0, 0.1) is 0 Å². The molecule has 2 aromatic heterocycles. The first-order valence-electron chi connectivity index (χ1n) is 10.0. The first kappa shape index (κ1) is 20.5. The van der Waals surface area contributed by atoms with Crippen molar-refractivity contribution in [3.05, 3.63) is 95.3 Å². The fourth-order valence-corrected chi connectivity index (χ4v) is 4.36. The van der Waals surface area contributed by atoms with Gasteiger partial charge < -0.3 is 5.32 Å². The van der Waals surface area contributed by atoms with E-state index in [-0.39, 0.29) is 11.7 Å². The molecule has 0 fully saturated rings. The maximum Gasteiger partial charge on any atom is 0.234 e. The zero-order chi connectivity index (χ0) is 21.9. The zero-order valence-corrected chi connectivity index (χ0v) is 18.5. The van der Waals surface area contributed by atoms with Gasteiger partial charge in [0, 0.05) is 22.5 Å². The van der Waals surface area contributed by atoms with E-state index in [1.54, 1.807) is 24.3 Å². The van der Waals surface area contributed by atoms with Crippen LogP contribution in [0.4, 0.5) is 5.69 Å². The monoisotopic (exact) mass is 459 g/mol. The molecule has 8 heteroatoms. The van der Waals surface area contributed by atoms with Crippen LogP contribution in [0.25, 0.3) is 16.6 Å². The molecule has 0 spiro atoms. The number of halogens is 1. The van der Waals surface area contributed by atoms with Gasteiger partial charge in [-0.25, -0.2) is 4.98 Å². The molecule has 2 heterocycles. The molecule has 0 aliphatic rings. The van der Waals surface area contributed by atoms with Gasteiger partial charge in [0.05, 0.1) is 11.3 Å². The number of hydrogen-bond donors (Lipinski definition) is 1. The summed E-state index contributed by atoms with van der Waals surface area (Å²) >= 11 is 7.24. The van der Waals surface area contributed by atoms with Crippen molar-refractivity contribution in [1.29, 1.82) is 0 Å². The summed E-state index contributed by atoms with van der Waals surface area (Å²) in [5.74, 6) is 0.893. The van der Waals surface area contributed by atoms with E-state index < -0.39 is 0 Å². The van der Waals surface area contributed by atoms with Crippen LogP contribution >= 0.6 is 23.4 Å². The van der Waals surface area contributed by atoms with E-state index in [1.165, 1.54) is 11.8 Å². The average molecular weight is 460 g/mol. The summed E-state index contributed by atoms with van der Waals surface area (Å²) in [5.41, 5.74) is 3.45. The molecule has 0 aliphatic heterocycles. The Hall–Kier alpha value is -3.42. The maximum absolute atomic E-state index is 12.5. The Morgan fingerprint density at radius 2 is 1.69 bits per heavy atom. The van der Waals surface area contributed by atoms with Crippen molar-refractivity contribution in [2.75, 3.05) is 11.1 Å². The standard InChI is InChI=1S/C24H18ClN5OS/c25-17-10-12-18(13-11-17)26-22(31)15-32-24-29-28-23-19-8-4-5-9-20(19)27-21(30(23)24)14-16-6-2-1-3-7-16/h1-13H,14-15H2,(H,26,31). The number of para-hydroxylation sites is 1. The lowest BCUT2D eigenvalue weighted by Crippen LogP contribution is -2.14. The molecule has 0 saturated heterocycles. The highest BCUT2D eigenvalue weighted by molar-refractivity contribution is 7.99. The van der Waals surface area contributed by atoms with Crippen LogP contribution in [0.2, 0.25) is 5.02 Å². The molecule has 32 heavy (non-hydrogen) atoms. The van der Waals surface area contributed by atoms with Gasteiger partial charge in [-0.05, 0) is 42.0 Å². The first-order valence-corrected chi connectivity index (χ1v) is 11.4. The third-order valence-corrected chi connectivity index (χ3v) is 6.13. The van der Waals surface area contributed by atoms with Gasteiger partial charge in [0.25, 0.3) is 0 Å². The number of hydrogen-bond acceptors (Lipinski definition) is 5. The van der Waals surface area contributed by atoms with E-state index in [0.717, 1.165) is 27.9 Å². The van der Waals surface area contributed by atoms with Crippen molar-refractivity contribution in [3.8, 4) is 0 Å². The van der Waals surface area contributed by atoms with Gasteiger partial charge in [0.1, 0.15) is 5.82 Å². The number of rotatable bonds is 6. The number of nitrogens with zero attached hydrogens (tertiary/aromatic N) is 4. The van der Waals surface area contributed by atoms with Gasteiger partial charge in [-0.2, -0.15) is 0 Å². The van der Waals surface area contributed by atoms with E-state index in [1.807, 2.05) is 46.9 Å². The summed E-state index contributed by atoms with van der Waals surface area (Å²) in [5, 5.41) is 13.9. The predicted octanol–water partition coefficient (Wildman–Crippen LogP) is 5.25. The van der Waals surface area contributed by atoms with Gasteiger partial charge in [-0.3, -0.25) is 9.20 Å². The molecule has 0 aliphatic carbocycles. The number of nitrogens with one attached hydrogen (secondary N) is 1. The second-order valence-electron chi connectivity index (χ2n) is 7.19. The number of anilines is 1. The molecule has 0 atom stereocenters. The number of fused-ring (bicyclic) bond motifs is 3. The maximum atomic E-state index is 12.5. The lowest BCUT2D eigenvalue weighted by molar-refractivity contribution is -0.113. The van der Waals surface area contributed by atoms with E-state index in [4.69, 9.17) is 16.6 Å². The Morgan fingerprint density at radius 3 is 2.50 bits per heavy atom. The smallest absolute Gasteiger partial charge is 0.234 e. The highest BCUT2D eigenvalue weighted by Gasteiger charge is 2.17. The molecule has 0 saturated carbocycles. The van der Waals surface area contributed by atoms with Crippen LogP contribution in [0.15, 0.2) is 84.0 Å². The lowest BCUT2D eigenvalue weighted by Gasteiger charge is -2.10. The van der Waals surface area contributed by atoms with Gasteiger partial charge in [0.15, 0.2) is 10.8 Å². The number of benzene rings is 3. The van der Waals surface area contributed by atoms with Crippen molar-refractivity contribution < 1.29 is 4.79 Å². The second-order valence-corrected chi connectivity index (χ2v) is 8.57. The minimum Gasteiger partial charge on any atom is -0.325 e. The topological polar surface area (TPSA) is 72.2 Å². The average Bonchev–Trinajstić information content (AvgIpc) is 3.25. The largest absolute Gasteiger partial charge is 0.325 e. The highest BCUT2D eigenvalue weighted by atomic mass is 35.5. The van der Waals surface area contributed by atoms with Crippen molar-refractivity contribution >= 4 is 51.5 Å². The Morgan fingerprint density at radius 1 is 0.938 bits per heavy atom. The number of carbonyl (C=O) groups is 1. The Balaban J connectivity index is 1.45. The number of amides is 1. The molecular formula is C24H18ClN5OS. The molecule has 3 aromatic carbocycles. The third-order valence-electron chi connectivity index (χ3n) is 4.95. The van der Waals surface area contributed by atoms with Crippen LogP contribution < -0.4 is 5.32 Å². The first-order chi connectivity index (χ1) is 15.7. The quantitative estimate of drug-likeness (QED) is 0.351. The number of aromatic nitrogens is 4. The Bertz CT molecular complexity index is 1400. The molecule has 5 rings (SSSR count). The summed E-state index contributed by atoms with van der Waals surface area (Å²) in [4.78, 5) is 17.4. The molecule has 6 nitrogen and oxygen atoms in total. The van der Waals surface area contributed by atoms with Gasteiger partial charge in [-0.15, -0.1) is 10.2 Å². The van der Waals surface area contributed by atoms with E-state index in [9.17, 15) is 4.79 Å². The van der Waals surface area contributed by atoms with Crippen LogP contribution in [0.5, 0.6) is 0 Å². The molecular weight excluding hydrogens is 442 g/mol. The van der Waals surface area contributed by atoms with Crippen molar-refractivity contribution in [3.63, 3.8) is 0 Å². The molecule has 1 amide bonds. The lowest BCUT2D eigenvalue weighted by atomic mass is 10.1. The van der Waals surface area contributed by atoms with Gasteiger partial charge in [-0.1, -0.05) is 65.8 Å².